The lowest BCUT2D eigenvalue weighted by Gasteiger charge is -2.36. The fraction of sp³-hybridized carbons (Fsp3) is 0.533. The first-order valence-corrected chi connectivity index (χ1v) is 6.82. The lowest BCUT2D eigenvalue weighted by molar-refractivity contribution is 0.256. The van der Waals surface area contributed by atoms with Crippen LogP contribution in [-0.2, 0) is 0 Å². The van der Waals surface area contributed by atoms with Gasteiger partial charge >= 0.3 is 0 Å². The molecule has 2 rings (SSSR count). The molecule has 102 valence electrons. The standard InChI is InChI=1S/C15H21N3O/c1-19-15-6-4-14(5-7-15)18-12-10-17(11-13-18)9-3-2-8-16/h4-7H,2-3,9-13H2,1H3. The molecule has 4 nitrogen and oxygen atoms in total. The Labute approximate surface area is 115 Å². The zero-order valence-electron chi connectivity index (χ0n) is 11.5. The number of ether oxygens (including phenoxy) is 1. The zero-order valence-corrected chi connectivity index (χ0v) is 11.5. The third-order valence-electron chi connectivity index (χ3n) is 3.57. The summed E-state index contributed by atoms with van der Waals surface area (Å²) in [6.45, 7) is 5.32. The number of methoxy groups -OCH3 is 1. The minimum atomic E-state index is 0.665. The van der Waals surface area contributed by atoms with Gasteiger partial charge in [0.1, 0.15) is 5.75 Å². The molecule has 0 radical (unpaired) electrons. The van der Waals surface area contributed by atoms with Crippen molar-refractivity contribution >= 4 is 5.69 Å². The number of rotatable bonds is 5. The third-order valence-corrected chi connectivity index (χ3v) is 3.57. The van der Waals surface area contributed by atoms with Crippen LogP contribution in [0.4, 0.5) is 5.69 Å². The second kappa shape index (κ2) is 7.01. The number of piperazine rings is 1. The SMILES string of the molecule is COc1ccc(N2CCN(CCCC#N)CC2)cc1. The van der Waals surface area contributed by atoms with Crippen molar-refractivity contribution < 1.29 is 4.74 Å². The van der Waals surface area contributed by atoms with E-state index >= 15 is 0 Å². The summed E-state index contributed by atoms with van der Waals surface area (Å²) in [5.74, 6) is 0.902. The van der Waals surface area contributed by atoms with E-state index in [1.807, 2.05) is 12.1 Å². The molecule has 0 saturated carbocycles. The molecule has 0 amide bonds. The molecule has 0 unspecified atom stereocenters. The predicted molar refractivity (Wildman–Crippen MR) is 76.5 cm³/mol. The summed E-state index contributed by atoms with van der Waals surface area (Å²) in [7, 11) is 1.69. The Morgan fingerprint density at radius 1 is 1.16 bits per heavy atom. The molecule has 0 N–H and O–H groups in total. The van der Waals surface area contributed by atoms with Gasteiger partial charge in [-0.3, -0.25) is 4.90 Å². The summed E-state index contributed by atoms with van der Waals surface area (Å²) in [4.78, 5) is 4.84. The summed E-state index contributed by atoms with van der Waals surface area (Å²) >= 11 is 0. The Kier molecular flexibility index (Phi) is 5.05. The molecule has 1 heterocycles. The normalized spacial score (nSPS) is 16.1. The maximum absolute atomic E-state index is 8.54. The third kappa shape index (κ3) is 3.87. The first kappa shape index (κ1) is 13.7. The van der Waals surface area contributed by atoms with Gasteiger partial charge in [-0.05, 0) is 37.2 Å². The van der Waals surface area contributed by atoms with Crippen molar-refractivity contribution in [3.63, 3.8) is 0 Å². The minimum absolute atomic E-state index is 0.665. The highest BCUT2D eigenvalue weighted by Crippen LogP contribution is 2.20. The highest BCUT2D eigenvalue weighted by atomic mass is 16.5. The number of unbranched alkanes of at least 4 members (excludes halogenated alkanes) is 1. The predicted octanol–water partition coefficient (Wildman–Crippen LogP) is 2.12. The van der Waals surface area contributed by atoms with Crippen LogP contribution in [0.15, 0.2) is 24.3 Å². The highest BCUT2D eigenvalue weighted by Gasteiger charge is 2.16. The topological polar surface area (TPSA) is 39.5 Å². The van der Waals surface area contributed by atoms with Crippen LogP contribution in [0.5, 0.6) is 5.75 Å². The molecular formula is C15H21N3O. The minimum Gasteiger partial charge on any atom is -0.497 e. The number of hydrogen-bond acceptors (Lipinski definition) is 4. The quantitative estimate of drug-likeness (QED) is 0.759. The van der Waals surface area contributed by atoms with E-state index in [1.54, 1.807) is 7.11 Å². The van der Waals surface area contributed by atoms with Gasteiger partial charge in [-0.1, -0.05) is 0 Å². The van der Waals surface area contributed by atoms with Gasteiger partial charge in [-0.15, -0.1) is 0 Å². The summed E-state index contributed by atoms with van der Waals surface area (Å²) in [6.07, 6.45) is 1.65. The van der Waals surface area contributed by atoms with Crippen LogP contribution < -0.4 is 9.64 Å². The number of nitriles is 1. The summed E-state index contributed by atoms with van der Waals surface area (Å²) in [6, 6.07) is 10.5. The molecule has 1 fully saturated rings. The van der Waals surface area contributed by atoms with Crippen LogP contribution in [-0.4, -0.2) is 44.7 Å². The Bertz CT molecular complexity index is 416. The average Bonchev–Trinajstić information content (AvgIpc) is 2.48. The van der Waals surface area contributed by atoms with E-state index < -0.39 is 0 Å². The maximum atomic E-state index is 8.54. The number of benzene rings is 1. The molecule has 4 heteroatoms. The molecule has 1 aliphatic heterocycles. The molecule has 0 atom stereocenters. The van der Waals surface area contributed by atoms with Crippen molar-refractivity contribution in [2.75, 3.05) is 44.7 Å². The monoisotopic (exact) mass is 259 g/mol. The summed E-state index contributed by atoms with van der Waals surface area (Å²) < 4.78 is 5.18. The van der Waals surface area contributed by atoms with Gasteiger partial charge in [-0.25, -0.2) is 0 Å². The lowest BCUT2D eigenvalue weighted by Crippen LogP contribution is -2.46. The Morgan fingerprint density at radius 2 is 1.84 bits per heavy atom. The van der Waals surface area contributed by atoms with Crippen LogP contribution in [0.1, 0.15) is 12.8 Å². The van der Waals surface area contributed by atoms with E-state index in [0.717, 1.165) is 44.9 Å². The van der Waals surface area contributed by atoms with Crippen molar-refractivity contribution in [3.05, 3.63) is 24.3 Å². The fourth-order valence-electron chi connectivity index (χ4n) is 2.40. The van der Waals surface area contributed by atoms with E-state index in [-0.39, 0.29) is 0 Å². The van der Waals surface area contributed by atoms with Crippen molar-refractivity contribution in [3.8, 4) is 11.8 Å². The second-order valence-electron chi connectivity index (χ2n) is 4.79. The molecule has 0 aromatic heterocycles. The van der Waals surface area contributed by atoms with Gasteiger partial charge in [0.15, 0.2) is 0 Å². The molecule has 0 spiro atoms. The highest BCUT2D eigenvalue weighted by molar-refractivity contribution is 5.49. The van der Waals surface area contributed by atoms with Crippen molar-refractivity contribution in [2.45, 2.75) is 12.8 Å². The van der Waals surface area contributed by atoms with Gasteiger partial charge < -0.3 is 9.64 Å². The summed E-state index contributed by atoms with van der Waals surface area (Å²) in [5, 5.41) is 8.54. The van der Waals surface area contributed by atoms with E-state index in [0.29, 0.717) is 6.42 Å². The van der Waals surface area contributed by atoms with E-state index in [9.17, 15) is 0 Å². The molecule has 1 aliphatic rings. The number of hydrogen-bond donors (Lipinski definition) is 0. The molecule has 1 aromatic rings. The van der Waals surface area contributed by atoms with Gasteiger partial charge in [0.25, 0.3) is 0 Å². The largest absolute Gasteiger partial charge is 0.497 e. The maximum Gasteiger partial charge on any atom is 0.119 e. The van der Waals surface area contributed by atoms with Crippen molar-refractivity contribution in [1.29, 1.82) is 5.26 Å². The Hall–Kier alpha value is -1.73. The Balaban J connectivity index is 1.80. The number of nitrogens with zero attached hydrogens (tertiary/aromatic N) is 3. The van der Waals surface area contributed by atoms with Crippen LogP contribution in [0.25, 0.3) is 0 Å². The first-order chi connectivity index (χ1) is 9.33. The van der Waals surface area contributed by atoms with Crippen LogP contribution >= 0.6 is 0 Å². The van der Waals surface area contributed by atoms with Gasteiger partial charge in [0.05, 0.1) is 13.2 Å². The molecule has 19 heavy (non-hydrogen) atoms. The zero-order chi connectivity index (χ0) is 13.5. The average molecular weight is 259 g/mol. The fourth-order valence-corrected chi connectivity index (χ4v) is 2.40. The lowest BCUT2D eigenvalue weighted by atomic mass is 10.2. The van der Waals surface area contributed by atoms with Crippen LogP contribution in [0, 0.1) is 11.3 Å². The molecule has 1 aromatic carbocycles. The first-order valence-electron chi connectivity index (χ1n) is 6.82. The molecule has 0 aliphatic carbocycles. The Morgan fingerprint density at radius 3 is 2.42 bits per heavy atom. The molecular weight excluding hydrogens is 238 g/mol. The van der Waals surface area contributed by atoms with Gasteiger partial charge in [-0.2, -0.15) is 5.26 Å². The van der Waals surface area contributed by atoms with E-state index in [2.05, 4.69) is 28.0 Å². The summed E-state index contributed by atoms with van der Waals surface area (Å²) in [5.41, 5.74) is 1.26. The van der Waals surface area contributed by atoms with Crippen LogP contribution in [0.3, 0.4) is 0 Å². The van der Waals surface area contributed by atoms with Gasteiger partial charge in [0.2, 0.25) is 0 Å². The molecule has 1 saturated heterocycles. The smallest absolute Gasteiger partial charge is 0.119 e. The van der Waals surface area contributed by atoms with E-state index in [1.165, 1.54) is 5.69 Å². The number of anilines is 1. The molecule has 0 bridgehead atoms. The second-order valence-corrected chi connectivity index (χ2v) is 4.79. The van der Waals surface area contributed by atoms with Crippen LogP contribution in [0.2, 0.25) is 0 Å². The van der Waals surface area contributed by atoms with Crippen molar-refractivity contribution in [2.24, 2.45) is 0 Å². The van der Waals surface area contributed by atoms with E-state index in [4.69, 9.17) is 10.00 Å². The van der Waals surface area contributed by atoms with Gasteiger partial charge in [0, 0.05) is 38.3 Å². The van der Waals surface area contributed by atoms with Crippen molar-refractivity contribution in [1.82, 2.24) is 4.90 Å².